The van der Waals surface area contributed by atoms with Crippen LogP contribution < -0.4 is 5.06 Å². The van der Waals surface area contributed by atoms with Crippen molar-refractivity contribution in [3.05, 3.63) is 23.9 Å². The number of hydrogen-bond acceptors (Lipinski definition) is 5. The lowest BCUT2D eigenvalue weighted by Gasteiger charge is -2.49. The average molecular weight is 236 g/mol. The molecule has 3 aliphatic rings. The van der Waals surface area contributed by atoms with Gasteiger partial charge in [0, 0.05) is 5.69 Å². The fraction of sp³-hybridized carbons (Fsp3) is 0.583. The van der Waals surface area contributed by atoms with Gasteiger partial charge in [0.15, 0.2) is 5.82 Å². The second-order valence-corrected chi connectivity index (χ2v) is 4.73. The van der Waals surface area contributed by atoms with Crippen LogP contribution in [0.4, 0.5) is 5.82 Å². The zero-order valence-electron chi connectivity index (χ0n) is 9.65. The largest absolute Gasteiger partial charge is 0.388 e. The van der Waals surface area contributed by atoms with Crippen LogP contribution in [0.3, 0.4) is 0 Å². The number of aromatic nitrogens is 1. The first-order valence-electron chi connectivity index (χ1n) is 5.92. The lowest BCUT2D eigenvalue weighted by molar-refractivity contribution is -0.187. The van der Waals surface area contributed by atoms with Gasteiger partial charge >= 0.3 is 0 Å². The topological polar surface area (TPSA) is 65.8 Å². The highest BCUT2D eigenvalue weighted by Crippen LogP contribution is 2.35. The van der Waals surface area contributed by atoms with Gasteiger partial charge in [0.1, 0.15) is 18.3 Å². The number of aryl methyl sites for hydroxylation is 1. The molecule has 4 unspecified atom stereocenters. The van der Waals surface area contributed by atoms with Crippen molar-refractivity contribution in [3.63, 3.8) is 0 Å². The molecule has 3 fully saturated rings. The number of hydrogen-bond donors (Lipinski definition) is 2. The maximum Gasteiger partial charge on any atom is 0.153 e. The first-order chi connectivity index (χ1) is 8.16. The number of hydroxylamine groups is 1. The zero-order valence-corrected chi connectivity index (χ0v) is 9.65. The fourth-order valence-electron chi connectivity index (χ4n) is 2.59. The third kappa shape index (κ3) is 1.71. The number of aliphatic hydroxyl groups excluding tert-OH is 2. The minimum Gasteiger partial charge on any atom is -0.388 e. The smallest absolute Gasteiger partial charge is 0.153 e. The molecule has 92 valence electrons. The quantitative estimate of drug-likeness (QED) is 0.738. The third-order valence-electron chi connectivity index (χ3n) is 3.52. The summed E-state index contributed by atoms with van der Waals surface area (Å²) in [5, 5.41) is 21.4. The van der Waals surface area contributed by atoms with Crippen molar-refractivity contribution in [1.29, 1.82) is 0 Å². The number of fused-ring (bicyclic) bond motifs is 3. The molecule has 2 N–H and O–H groups in total. The van der Waals surface area contributed by atoms with Crippen molar-refractivity contribution < 1.29 is 15.1 Å². The predicted octanol–water partition coefficient (Wildman–Crippen LogP) is 0.394. The van der Waals surface area contributed by atoms with E-state index in [0.717, 1.165) is 18.5 Å². The molecule has 2 aliphatic heterocycles. The molecular formula is C12H16N2O3. The van der Waals surface area contributed by atoms with Crippen LogP contribution in [0.1, 0.15) is 18.5 Å². The Morgan fingerprint density at radius 3 is 2.82 bits per heavy atom. The van der Waals surface area contributed by atoms with Crippen LogP contribution in [-0.4, -0.2) is 39.6 Å². The van der Waals surface area contributed by atoms with Gasteiger partial charge in [0.2, 0.25) is 0 Å². The van der Waals surface area contributed by atoms with Crippen molar-refractivity contribution in [3.8, 4) is 0 Å². The molecule has 5 nitrogen and oxygen atoms in total. The molecular weight excluding hydrogens is 220 g/mol. The molecule has 1 aliphatic carbocycles. The molecule has 1 aromatic rings. The highest BCUT2D eigenvalue weighted by Gasteiger charge is 2.48. The van der Waals surface area contributed by atoms with Gasteiger partial charge < -0.3 is 10.2 Å². The monoisotopic (exact) mass is 236 g/mol. The van der Waals surface area contributed by atoms with E-state index in [1.807, 2.05) is 25.1 Å². The molecule has 4 rings (SSSR count). The van der Waals surface area contributed by atoms with Gasteiger partial charge in [0.05, 0.1) is 6.04 Å². The summed E-state index contributed by atoms with van der Waals surface area (Å²) in [6.07, 6.45) is -0.263. The van der Waals surface area contributed by atoms with Crippen LogP contribution in [0.25, 0.3) is 0 Å². The summed E-state index contributed by atoms with van der Waals surface area (Å²) < 4.78 is 0. The van der Waals surface area contributed by atoms with Crippen LogP contribution in [-0.2, 0) is 4.84 Å². The van der Waals surface area contributed by atoms with Crippen molar-refractivity contribution in [2.24, 2.45) is 0 Å². The standard InChI is InChI=1S/C12H16N2O3/c1-7-3-2-4-10(13-7)14-8-5-6-9(17-14)12(16)11(8)15/h2-4,8-9,11-12,15-16H,5-6H2,1H3. The summed E-state index contributed by atoms with van der Waals surface area (Å²) in [6, 6.07) is 5.47. The average Bonchev–Trinajstić information content (AvgIpc) is 2.35. The van der Waals surface area contributed by atoms with Crippen LogP contribution >= 0.6 is 0 Å². The Hall–Kier alpha value is -1.17. The molecule has 5 heteroatoms. The zero-order chi connectivity index (χ0) is 12.0. The summed E-state index contributed by atoms with van der Waals surface area (Å²) in [5.74, 6) is 0.700. The molecule has 17 heavy (non-hydrogen) atoms. The van der Waals surface area contributed by atoms with E-state index in [2.05, 4.69) is 4.98 Å². The first-order valence-corrected chi connectivity index (χ1v) is 5.92. The van der Waals surface area contributed by atoms with E-state index in [1.54, 1.807) is 5.06 Å². The molecule has 4 atom stereocenters. The maximum atomic E-state index is 9.97. The van der Waals surface area contributed by atoms with Crippen molar-refractivity contribution in [1.82, 2.24) is 4.98 Å². The highest BCUT2D eigenvalue weighted by atomic mass is 16.7. The van der Waals surface area contributed by atoms with E-state index in [9.17, 15) is 10.2 Å². The fourth-order valence-corrected chi connectivity index (χ4v) is 2.59. The van der Waals surface area contributed by atoms with E-state index < -0.39 is 12.2 Å². The Kier molecular flexibility index (Phi) is 2.54. The van der Waals surface area contributed by atoms with Crippen LogP contribution in [0.5, 0.6) is 0 Å². The van der Waals surface area contributed by atoms with E-state index in [4.69, 9.17) is 4.84 Å². The maximum absolute atomic E-state index is 9.97. The Balaban J connectivity index is 1.91. The molecule has 0 spiro atoms. The first kappa shape index (κ1) is 11.0. The van der Waals surface area contributed by atoms with E-state index >= 15 is 0 Å². The normalized spacial score (nSPS) is 36.3. The van der Waals surface area contributed by atoms with Gasteiger partial charge in [-0.05, 0) is 31.9 Å². The van der Waals surface area contributed by atoms with Gasteiger partial charge in [-0.2, -0.15) is 0 Å². The van der Waals surface area contributed by atoms with Gasteiger partial charge in [-0.25, -0.2) is 10.0 Å². The highest BCUT2D eigenvalue weighted by molar-refractivity contribution is 5.39. The Labute approximate surface area is 99.6 Å². The van der Waals surface area contributed by atoms with Gasteiger partial charge in [-0.3, -0.25) is 4.84 Å². The number of aliphatic hydroxyl groups is 2. The van der Waals surface area contributed by atoms with Crippen molar-refractivity contribution in [2.75, 3.05) is 5.06 Å². The summed E-state index contributed by atoms with van der Waals surface area (Å²) in [6.45, 7) is 1.91. The van der Waals surface area contributed by atoms with Crippen molar-refractivity contribution in [2.45, 2.75) is 44.1 Å². The SMILES string of the molecule is Cc1cccc(N2OC3CCC2C(O)C3O)n1. The molecule has 0 aromatic carbocycles. The van der Waals surface area contributed by atoms with E-state index in [0.29, 0.717) is 5.82 Å². The van der Waals surface area contributed by atoms with Gasteiger partial charge in [-0.1, -0.05) is 6.07 Å². The Bertz CT molecular complexity index is 424. The van der Waals surface area contributed by atoms with E-state index in [-0.39, 0.29) is 12.1 Å². The number of rotatable bonds is 1. The minimum atomic E-state index is -0.783. The summed E-state index contributed by atoms with van der Waals surface area (Å²) in [4.78, 5) is 10.1. The number of pyridine rings is 1. The van der Waals surface area contributed by atoms with Crippen LogP contribution in [0, 0.1) is 6.92 Å². The Morgan fingerprint density at radius 2 is 2.12 bits per heavy atom. The molecule has 0 amide bonds. The second kappa shape index (κ2) is 3.94. The summed E-state index contributed by atoms with van der Waals surface area (Å²) in [7, 11) is 0. The van der Waals surface area contributed by atoms with Crippen LogP contribution in [0.2, 0.25) is 0 Å². The molecule has 1 saturated carbocycles. The van der Waals surface area contributed by atoms with Crippen LogP contribution in [0.15, 0.2) is 18.2 Å². The number of nitrogens with zero attached hydrogens (tertiary/aromatic N) is 2. The van der Waals surface area contributed by atoms with Gasteiger partial charge in [-0.15, -0.1) is 0 Å². The molecule has 2 bridgehead atoms. The van der Waals surface area contributed by atoms with Gasteiger partial charge in [0.25, 0.3) is 0 Å². The molecule has 0 radical (unpaired) electrons. The molecule has 1 aromatic heterocycles. The Morgan fingerprint density at radius 1 is 1.29 bits per heavy atom. The summed E-state index contributed by atoms with van der Waals surface area (Å²) >= 11 is 0. The number of anilines is 1. The van der Waals surface area contributed by atoms with Crippen molar-refractivity contribution >= 4 is 5.82 Å². The second-order valence-electron chi connectivity index (χ2n) is 4.73. The van der Waals surface area contributed by atoms with E-state index in [1.165, 1.54) is 0 Å². The molecule has 2 saturated heterocycles. The lowest BCUT2D eigenvalue weighted by Crippen LogP contribution is -2.64. The molecule has 3 heterocycles. The predicted molar refractivity (Wildman–Crippen MR) is 61.4 cm³/mol. The lowest BCUT2D eigenvalue weighted by atomic mass is 9.86. The summed E-state index contributed by atoms with van der Waals surface area (Å²) in [5.41, 5.74) is 0.905. The third-order valence-corrected chi connectivity index (χ3v) is 3.52. The minimum absolute atomic E-state index is 0.204.